The van der Waals surface area contributed by atoms with E-state index in [0.29, 0.717) is 17.9 Å². The largest absolute Gasteiger partial charge is 0.481 e. The molecule has 2 fully saturated rings. The number of carbonyl (C=O) groups is 2. The summed E-state index contributed by atoms with van der Waals surface area (Å²) in [5.41, 5.74) is 13.3. The van der Waals surface area contributed by atoms with Crippen LogP contribution in [0.2, 0.25) is 0 Å². The summed E-state index contributed by atoms with van der Waals surface area (Å²) in [7, 11) is 2.22. The molecule has 13 nitrogen and oxygen atoms in total. The zero-order chi connectivity index (χ0) is 35.1. The van der Waals surface area contributed by atoms with Crippen molar-refractivity contribution in [3.8, 4) is 28.2 Å². The van der Waals surface area contributed by atoms with Crippen LogP contribution in [0.1, 0.15) is 51.3 Å². The molecule has 0 amide bonds. The number of piperazine rings is 1. The molecule has 7 rings (SSSR count). The second-order valence-electron chi connectivity index (χ2n) is 12.6. The Morgan fingerprint density at radius 3 is 2.00 bits per heavy atom. The number of aryl methyl sites for hydroxylation is 1. The van der Waals surface area contributed by atoms with Crippen molar-refractivity contribution in [3.63, 3.8) is 0 Å². The first-order valence-electron chi connectivity index (χ1n) is 16.5. The molecule has 1 aliphatic heterocycles. The highest BCUT2D eigenvalue weighted by Crippen LogP contribution is 2.37. The third-order valence-corrected chi connectivity index (χ3v) is 8.87. The van der Waals surface area contributed by atoms with E-state index in [1.165, 1.54) is 25.9 Å². The highest BCUT2D eigenvalue weighted by molar-refractivity contribution is 5.98. The lowest BCUT2D eigenvalue weighted by atomic mass is 9.90. The molecular weight excluding hydrogens is 622 g/mol. The SMILES string of the molecule is CC(=O)O.CC(=O)O.Cc1cc(-c2ccccc2)n(-c2ccc(-c3nn(C4CCC(N5CCN(C)CC5)CC4)c4ncnc(N)c34)cc2)n1. The molecular formula is C36H45N9O4. The number of benzene rings is 2. The molecule has 5 aromatic rings. The predicted octanol–water partition coefficient (Wildman–Crippen LogP) is 5.15. The number of nitrogen functional groups attached to an aromatic ring is 1. The highest BCUT2D eigenvalue weighted by atomic mass is 16.4. The van der Waals surface area contributed by atoms with Crippen molar-refractivity contribution < 1.29 is 19.8 Å². The third kappa shape index (κ3) is 8.67. The van der Waals surface area contributed by atoms with Gasteiger partial charge < -0.3 is 20.8 Å². The smallest absolute Gasteiger partial charge is 0.300 e. The van der Waals surface area contributed by atoms with Crippen LogP contribution in [-0.4, -0.2) is 101 Å². The lowest BCUT2D eigenvalue weighted by molar-refractivity contribution is -0.135. The predicted molar refractivity (Wildman–Crippen MR) is 189 cm³/mol. The number of rotatable bonds is 5. The van der Waals surface area contributed by atoms with Crippen LogP contribution < -0.4 is 5.73 Å². The van der Waals surface area contributed by atoms with Gasteiger partial charge in [-0.05, 0) is 57.9 Å². The van der Waals surface area contributed by atoms with Crippen LogP contribution in [0.3, 0.4) is 0 Å². The molecule has 3 aromatic heterocycles. The van der Waals surface area contributed by atoms with E-state index in [0.717, 1.165) is 84.7 Å². The fourth-order valence-corrected chi connectivity index (χ4v) is 6.58. The Morgan fingerprint density at radius 2 is 1.39 bits per heavy atom. The molecule has 4 heterocycles. The fourth-order valence-electron chi connectivity index (χ4n) is 6.58. The van der Waals surface area contributed by atoms with E-state index < -0.39 is 11.9 Å². The van der Waals surface area contributed by atoms with E-state index in [1.807, 2.05) is 17.7 Å². The number of aliphatic carboxylic acids is 2. The molecule has 2 aliphatic rings. The van der Waals surface area contributed by atoms with Crippen molar-refractivity contribution in [2.75, 3.05) is 39.0 Å². The van der Waals surface area contributed by atoms with Crippen LogP contribution in [-0.2, 0) is 9.59 Å². The molecule has 0 radical (unpaired) electrons. The third-order valence-electron chi connectivity index (χ3n) is 8.87. The number of hydrogen-bond acceptors (Lipinski definition) is 9. The molecule has 2 aromatic carbocycles. The highest BCUT2D eigenvalue weighted by Gasteiger charge is 2.30. The van der Waals surface area contributed by atoms with E-state index in [1.54, 1.807) is 6.33 Å². The molecule has 4 N–H and O–H groups in total. The van der Waals surface area contributed by atoms with Crippen molar-refractivity contribution in [2.24, 2.45) is 0 Å². The van der Waals surface area contributed by atoms with E-state index in [2.05, 4.69) is 86.1 Å². The number of nitrogens with zero attached hydrogens (tertiary/aromatic N) is 8. The normalized spacial score (nSPS) is 18.2. The van der Waals surface area contributed by atoms with Crippen LogP contribution in [0.5, 0.6) is 0 Å². The lowest BCUT2D eigenvalue weighted by Gasteiger charge is -2.41. The Labute approximate surface area is 286 Å². The van der Waals surface area contributed by atoms with Gasteiger partial charge >= 0.3 is 0 Å². The fraction of sp³-hybridized carbons (Fsp3) is 0.389. The van der Waals surface area contributed by atoms with Gasteiger partial charge in [-0.2, -0.15) is 10.2 Å². The van der Waals surface area contributed by atoms with Crippen molar-refractivity contribution in [1.82, 2.24) is 39.3 Å². The molecule has 0 spiro atoms. The van der Waals surface area contributed by atoms with E-state index in [-0.39, 0.29) is 0 Å². The Hall–Kier alpha value is -5.14. The van der Waals surface area contributed by atoms with Gasteiger partial charge in [0.25, 0.3) is 11.9 Å². The standard InChI is InChI=1S/C32H37N9.2C2H4O2/c1-22-20-28(23-6-4-3-5-7-23)40(36-22)26-10-8-24(9-11-26)30-29-31(33)34-21-35-32(29)41(37-30)27-14-12-25(13-15-27)39-18-16-38(2)17-19-39;2*1-2(3)4/h3-11,20-21,25,27H,12-19H2,1-2H3,(H2,33,34,35);2*1H3,(H,3,4). The van der Waals surface area contributed by atoms with Crippen LogP contribution >= 0.6 is 0 Å². The van der Waals surface area contributed by atoms with Gasteiger partial charge in [0.2, 0.25) is 0 Å². The maximum atomic E-state index is 9.00. The molecule has 1 saturated carbocycles. The number of carboxylic acid groups (broad SMARTS) is 2. The molecule has 49 heavy (non-hydrogen) atoms. The topological polar surface area (TPSA) is 169 Å². The number of nitrogens with two attached hydrogens (primary N) is 1. The molecule has 1 aliphatic carbocycles. The summed E-state index contributed by atoms with van der Waals surface area (Å²) in [6, 6.07) is 21.9. The Morgan fingerprint density at radius 1 is 0.796 bits per heavy atom. The number of fused-ring (bicyclic) bond motifs is 1. The average molecular weight is 668 g/mol. The van der Waals surface area contributed by atoms with Gasteiger partial charge in [0.1, 0.15) is 17.8 Å². The molecule has 0 atom stereocenters. The minimum atomic E-state index is -0.833. The molecule has 258 valence electrons. The number of likely N-dealkylation sites (N-methyl/N-ethyl adjacent to an activating group) is 1. The number of carboxylic acids is 2. The second kappa shape index (κ2) is 15.8. The number of hydrogen-bond donors (Lipinski definition) is 3. The van der Waals surface area contributed by atoms with Crippen molar-refractivity contribution in [1.29, 1.82) is 0 Å². The van der Waals surface area contributed by atoms with Crippen LogP contribution in [0.4, 0.5) is 5.82 Å². The maximum Gasteiger partial charge on any atom is 0.300 e. The summed E-state index contributed by atoms with van der Waals surface area (Å²) in [6.45, 7) is 8.86. The van der Waals surface area contributed by atoms with Gasteiger partial charge in [-0.1, -0.05) is 42.5 Å². The summed E-state index contributed by atoms with van der Waals surface area (Å²) in [5, 5.41) is 25.6. The van der Waals surface area contributed by atoms with E-state index in [4.69, 9.17) is 35.7 Å². The summed E-state index contributed by atoms with van der Waals surface area (Å²) >= 11 is 0. The van der Waals surface area contributed by atoms with Crippen LogP contribution in [0, 0.1) is 6.92 Å². The van der Waals surface area contributed by atoms with Gasteiger partial charge in [-0.25, -0.2) is 19.3 Å². The maximum absolute atomic E-state index is 9.00. The number of aromatic nitrogens is 6. The molecule has 0 bridgehead atoms. The van der Waals surface area contributed by atoms with Crippen molar-refractivity contribution >= 4 is 28.8 Å². The Balaban J connectivity index is 0.000000531. The zero-order valence-electron chi connectivity index (χ0n) is 28.5. The first kappa shape index (κ1) is 35.2. The van der Waals surface area contributed by atoms with E-state index >= 15 is 0 Å². The van der Waals surface area contributed by atoms with Crippen molar-refractivity contribution in [3.05, 3.63) is 72.7 Å². The quantitative estimate of drug-likeness (QED) is 0.227. The summed E-state index contributed by atoms with van der Waals surface area (Å²) in [5.74, 6) is -1.19. The molecule has 13 heteroatoms. The van der Waals surface area contributed by atoms with Gasteiger partial charge in [0, 0.05) is 57.2 Å². The van der Waals surface area contributed by atoms with Crippen LogP contribution in [0.25, 0.3) is 39.2 Å². The van der Waals surface area contributed by atoms with Crippen molar-refractivity contribution in [2.45, 2.75) is 58.5 Å². The van der Waals surface area contributed by atoms with Gasteiger partial charge in [0.15, 0.2) is 5.65 Å². The number of anilines is 1. The lowest BCUT2D eigenvalue weighted by Crippen LogP contribution is -2.49. The van der Waals surface area contributed by atoms with Gasteiger partial charge in [-0.3, -0.25) is 14.5 Å². The van der Waals surface area contributed by atoms with E-state index in [9.17, 15) is 0 Å². The van der Waals surface area contributed by atoms with Crippen LogP contribution in [0.15, 0.2) is 67.0 Å². The minimum absolute atomic E-state index is 0.309. The van der Waals surface area contributed by atoms with Gasteiger partial charge in [-0.15, -0.1) is 0 Å². The minimum Gasteiger partial charge on any atom is -0.481 e. The monoisotopic (exact) mass is 667 g/mol. The molecule has 1 saturated heterocycles. The Kier molecular flexibility index (Phi) is 11.4. The average Bonchev–Trinajstić information content (AvgIpc) is 3.67. The summed E-state index contributed by atoms with van der Waals surface area (Å²) in [4.78, 5) is 32.1. The van der Waals surface area contributed by atoms with Gasteiger partial charge in [0.05, 0.1) is 28.5 Å². The summed E-state index contributed by atoms with van der Waals surface area (Å²) in [6.07, 6.45) is 6.12. The summed E-state index contributed by atoms with van der Waals surface area (Å²) < 4.78 is 4.13. The first-order chi connectivity index (χ1) is 23.5. The molecule has 0 unspecified atom stereocenters. The Bertz CT molecular complexity index is 1830. The second-order valence-corrected chi connectivity index (χ2v) is 12.6. The zero-order valence-corrected chi connectivity index (χ0v) is 28.5. The first-order valence-corrected chi connectivity index (χ1v) is 16.5.